The third kappa shape index (κ3) is 5.09. The van der Waals surface area contributed by atoms with Crippen LogP contribution in [0.1, 0.15) is 54.1 Å². The first-order valence-electron chi connectivity index (χ1n) is 8.92. The minimum Gasteiger partial charge on any atom is -0.481 e. The molecule has 0 saturated heterocycles. The first kappa shape index (κ1) is 19.0. The van der Waals surface area contributed by atoms with E-state index < -0.39 is 6.10 Å². The van der Waals surface area contributed by atoms with Gasteiger partial charge in [0, 0.05) is 0 Å². The van der Waals surface area contributed by atoms with E-state index in [1.165, 1.54) is 16.7 Å². The summed E-state index contributed by atoms with van der Waals surface area (Å²) in [5.74, 6) is 0.644. The predicted molar refractivity (Wildman–Crippen MR) is 103 cm³/mol. The summed E-state index contributed by atoms with van der Waals surface area (Å²) < 4.78 is 5.86. The molecule has 0 saturated carbocycles. The van der Waals surface area contributed by atoms with Crippen molar-refractivity contribution >= 4 is 5.91 Å². The van der Waals surface area contributed by atoms with Crippen LogP contribution in [0.3, 0.4) is 0 Å². The van der Waals surface area contributed by atoms with E-state index in [2.05, 4.69) is 50.4 Å². The van der Waals surface area contributed by atoms with Crippen molar-refractivity contribution in [3.63, 3.8) is 0 Å². The quantitative estimate of drug-likeness (QED) is 0.808. The van der Waals surface area contributed by atoms with E-state index in [1.54, 1.807) is 6.92 Å². The maximum atomic E-state index is 12.6. The third-order valence-electron chi connectivity index (χ3n) is 4.40. The number of amides is 1. The highest BCUT2D eigenvalue weighted by Crippen LogP contribution is 2.22. The molecule has 2 aromatic carbocycles. The maximum absolute atomic E-state index is 12.6. The normalized spacial score (nSPS) is 13.2. The smallest absolute Gasteiger partial charge is 0.261 e. The molecule has 25 heavy (non-hydrogen) atoms. The van der Waals surface area contributed by atoms with Gasteiger partial charge in [-0.15, -0.1) is 0 Å². The molecular weight excluding hydrogens is 310 g/mol. The Hall–Kier alpha value is -2.29. The van der Waals surface area contributed by atoms with Gasteiger partial charge in [0.1, 0.15) is 5.75 Å². The van der Waals surface area contributed by atoms with Gasteiger partial charge < -0.3 is 10.1 Å². The van der Waals surface area contributed by atoms with Crippen molar-refractivity contribution in [1.29, 1.82) is 0 Å². The van der Waals surface area contributed by atoms with Crippen LogP contribution in [-0.2, 0) is 4.79 Å². The zero-order valence-electron chi connectivity index (χ0n) is 16.1. The molecule has 0 aliphatic rings. The van der Waals surface area contributed by atoms with Crippen molar-refractivity contribution in [2.45, 2.75) is 60.1 Å². The van der Waals surface area contributed by atoms with E-state index in [9.17, 15) is 4.79 Å². The summed E-state index contributed by atoms with van der Waals surface area (Å²) in [6.45, 7) is 12.1. The first-order valence-corrected chi connectivity index (χ1v) is 8.92. The topological polar surface area (TPSA) is 38.3 Å². The minimum atomic E-state index is -0.541. The van der Waals surface area contributed by atoms with Crippen molar-refractivity contribution in [3.05, 3.63) is 64.2 Å². The summed E-state index contributed by atoms with van der Waals surface area (Å²) in [5.41, 5.74) is 5.86. The standard InChI is InChI=1S/C22H29NO2/c1-7-21(20-9-8-14(2)11-17(20)5)23-22(24)18(6)25-19-12-15(3)10-16(4)13-19/h8-13,18,21H,7H2,1-6H3,(H,23,24). The number of rotatable bonds is 6. The van der Waals surface area contributed by atoms with Gasteiger partial charge in [0.2, 0.25) is 0 Å². The number of carbonyl (C=O) groups is 1. The number of carbonyl (C=O) groups excluding carboxylic acids is 1. The highest BCUT2D eigenvalue weighted by Gasteiger charge is 2.20. The molecule has 0 spiro atoms. The molecule has 0 heterocycles. The van der Waals surface area contributed by atoms with Gasteiger partial charge in [-0.3, -0.25) is 4.79 Å². The lowest BCUT2D eigenvalue weighted by atomic mass is 9.97. The second-order valence-corrected chi connectivity index (χ2v) is 6.91. The lowest BCUT2D eigenvalue weighted by Crippen LogP contribution is -2.38. The molecule has 0 aliphatic heterocycles. The molecule has 0 radical (unpaired) electrons. The van der Waals surface area contributed by atoms with Crippen LogP contribution in [0.4, 0.5) is 0 Å². The molecule has 2 unspecified atom stereocenters. The Morgan fingerprint density at radius 3 is 2.20 bits per heavy atom. The van der Waals surface area contributed by atoms with Crippen molar-refractivity contribution in [2.75, 3.05) is 0 Å². The van der Waals surface area contributed by atoms with Gasteiger partial charge in [0.25, 0.3) is 5.91 Å². The van der Waals surface area contributed by atoms with Crippen LogP contribution in [0.5, 0.6) is 5.75 Å². The van der Waals surface area contributed by atoms with Crippen LogP contribution in [0.15, 0.2) is 36.4 Å². The van der Waals surface area contributed by atoms with Crippen molar-refractivity contribution in [3.8, 4) is 5.75 Å². The number of hydrogen-bond donors (Lipinski definition) is 1. The molecular formula is C22H29NO2. The molecule has 3 heteroatoms. The predicted octanol–water partition coefficient (Wildman–Crippen LogP) is 4.96. The second kappa shape index (κ2) is 8.19. The first-order chi connectivity index (χ1) is 11.8. The van der Waals surface area contributed by atoms with E-state index in [0.29, 0.717) is 0 Å². The number of nitrogens with one attached hydrogen (secondary N) is 1. The van der Waals surface area contributed by atoms with E-state index >= 15 is 0 Å². The monoisotopic (exact) mass is 339 g/mol. The van der Waals surface area contributed by atoms with Gasteiger partial charge in [0.05, 0.1) is 6.04 Å². The zero-order valence-corrected chi connectivity index (χ0v) is 16.1. The molecule has 1 N–H and O–H groups in total. The molecule has 1 amide bonds. The van der Waals surface area contributed by atoms with E-state index in [0.717, 1.165) is 23.3 Å². The summed E-state index contributed by atoms with van der Waals surface area (Å²) in [5, 5.41) is 3.13. The molecule has 0 bridgehead atoms. The molecule has 134 valence electrons. The van der Waals surface area contributed by atoms with Crippen LogP contribution >= 0.6 is 0 Å². The molecule has 0 fully saturated rings. The van der Waals surface area contributed by atoms with Gasteiger partial charge in [-0.2, -0.15) is 0 Å². The van der Waals surface area contributed by atoms with Crippen LogP contribution in [0.25, 0.3) is 0 Å². The molecule has 2 atom stereocenters. The van der Waals surface area contributed by atoms with Crippen LogP contribution in [0.2, 0.25) is 0 Å². The van der Waals surface area contributed by atoms with Crippen LogP contribution in [-0.4, -0.2) is 12.0 Å². The van der Waals surface area contributed by atoms with E-state index in [1.807, 2.05) is 26.0 Å². The zero-order chi connectivity index (χ0) is 18.6. The van der Waals surface area contributed by atoms with Crippen LogP contribution < -0.4 is 10.1 Å². The van der Waals surface area contributed by atoms with Gasteiger partial charge in [-0.1, -0.05) is 36.8 Å². The highest BCUT2D eigenvalue weighted by atomic mass is 16.5. The average Bonchev–Trinajstić information content (AvgIpc) is 2.51. The van der Waals surface area contributed by atoms with E-state index in [4.69, 9.17) is 4.74 Å². The summed E-state index contributed by atoms with van der Waals surface area (Å²) >= 11 is 0. The summed E-state index contributed by atoms with van der Waals surface area (Å²) in [4.78, 5) is 12.6. The Morgan fingerprint density at radius 1 is 1.00 bits per heavy atom. The lowest BCUT2D eigenvalue weighted by Gasteiger charge is -2.23. The van der Waals surface area contributed by atoms with E-state index in [-0.39, 0.29) is 11.9 Å². The lowest BCUT2D eigenvalue weighted by molar-refractivity contribution is -0.128. The minimum absolute atomic E-state index is 0.00149. The Kier molecular flexibility index (Phi) is 6.24. The highest BCUT2D eigenvalue weighted by molar-refractivity contribution is 5.81. The third-order valence-corrected chi connectivity index (χ3v) is 4.40. The SMILES string of the molecule is CCC(NC(=O)C(C)Oc1cc(C)cc(C)c1)c1ccc(C)cc1C. The van der Waals surface area contributed by atoms with Crippen LogP contribution in [0, 0.1) is 27.7 Å². The number of hydrogen-bond acceptors (Lipinski definition) is 2. The number of ether oxygens (including phenoxy) is 1. The van der Waals surface area contributed by atoms with Gasteiger partial charge >= 0.3 is 0 Å². The number of benzene rings is 2. The van der Waals surface area contributed by atoms with Crippen molar-refractivity contribution < 1.29 is 9.53 Å². The van der Waals surface area contributed by atoms with Gasteiger partial charge in [0.15, 0.2) is 6.10 Å². The van der Waals surface area contributed by atoms with Crippen molar-refractivity contribution in [1.82, 2.24) is 5.32 Å². The second-order valence-electron chi connectivity index (χ2n) is 6.91. The summed E-state index contributed by atoms with van der Waals surface area (Å²) in [7, 11) is 0. The Bertz CT molecular complexity index is 731. The summed E-state index contributed by atoms with van der Waals surface area (Å²) in [6.07, 6.45) is 0.298. The Morgan fingerprint density at radius 2 is 1.64 bits per heavy atom. The fourth-order valence-electron chi connectivity index (χ4n) is 3.16. The molecule has 0 aliphatic carbocycles. The maximum Gasteiger partial charge on any atom is 0.261 e. The average molecular weight is 339 g/mol. The Labute approximate surface area is 151 Å². The van der Waals surface area contributed by atoms with Gasteiger partial charge in [-0.25, -0.2) is 0 Å². The molecule has 2 aromatic rings. The largest absolute Gasteiger partial charge is 0.481 e. The fourth-order valence-corrected chi connectivity index (χ4v) is 3.16. The molecule has 0 aromatic heterocycles. The Balaban J connectivity index is 2.08. The fraction of sp³-hybridized carbons (Fsp3) is 0.409. The van der Waals surface area contributed by atoms with Gasteiger partial charge in [-0.05, 0) is 75.4 Å². The molecule has 3 nitrogen and oxygen atoms in total. The number of aryl methyl sites for hydroxylation is 4. The van der Waals surface area contributed by atoms with Crippen molar-refractivity contribution in [2.24, 2.45) is 0 Å². The summed E-state index contributed by atoms with van der Waals surface area (Å²) in [6, 6.07) is 12.3. The molecule has 2 rings (SSSR count).